The van der Waals surface area contributed by atoms with Crippen LogP contribution >= 0.6 is 12.6 Å². The second kappa shape index (κ2) is 3.03. The third-order valence-electron chi connectivity index (χ3n) is 0.309. The van der Waals surface area contributed by atoms with Crippen molar-refractivity contribution in [2.24, 2.45) is 0 Å². The fourth-order valence-corrected chi connectivity index (χ4v) is 0.159. The van der Waals surface area contributed by atoms with Crippen molar-refractivity contribution in [1.29, 1.82) is 0 Å². The van der Waals surface area contributed by atoms with E-state index in [1.165, 1.54) is 0 Å². The molecule has 36 valence electrons. The van der Waals surface area contributed by atoms with Crippen molar-refractivity contribution in [2.75, 3.05) is 0 Å². The Labute approximate surface area is 42.3 Å². The third kappa shape index (κ3) is 3.82. The Morgan fingerprint density at radius 3 is 2.50 bits per heavy atom. The van der Waals surface area contributed by atoms with Crippen molar-refractivity contribution in [3.8, 4) is 0 Å². The van der Waals surface area contributed by atoms with Gasteiger partial charge in [0.2, 0.25) is 6.41 Å². The summed E-state index contributed by atoms with van der Waals surface area (Å²) in [4.78, 5) is 9.46. The van der Waals surface area contributed by atoms with E-state index < -0.39 is 0 Å². The minimum atomic E-state index is -0.0255. The van der Waals surface area contributed by atoms with Crippen molar-refractivity contribution in [2.45, 2.75) is 12.3 Å². The topological polar surface area (TPSA) is 29.1 Å². The molecule has 0 heterocycles. The predicted molar refractivity (Wildman–Crippen MR) is 27.6 cm³/mol. The fraction of sp³-hybridized carbons (Fsp3) is 0.667. The first-order valence-electron chi connectivity index (χ1n) is 1.65. The maximum atomic E-state index is 9.46. The predicted octanol–water partition coefficient (Wildman–Crippen LogP) is 0.00820. The summed E-state index contributed by atoms with van der Waals surface area (Å²) in [6, 6.07) is 0. The van der Waals surface area contributed by atoms with Crippen LogP contribution in [0.2, 0.25) is 0 Å². The Hall–Kier alpha value is -0.180. The van der Waals surface area contributed by atoms with E-state index in [1.807, 2.05) is 0 Å². The van der Waals surface area contributed by atoms with Crippen LogP contribution in [0.3, 0.4) is 0 Å². The molecule has 0 aliphatic heterocycles. The largest absolute Gasteiger partial charge is 0.347 e. The van der Waals surface area contributed by atoms with Gasteiger partial charge >= 0.3 is 0 Å². The maximum Gasteiger partial charge on any atom is 0.207 e. The van der Waals surface area contributed by atoms with Gasteiger partial charge in [0.1, 0.15) is 0 Å². The molecule has 3 heteroatoms. The Bertz CT molecular complexity index is 46.1. The molecule has 0 aliphatic carbocycles. The van der Waals surface area contributed by atoms with Gasteiger partial charge in [0, 0.05) is 0 Å². The number of thiol groups is 1. The first-order valence-corrected chi connectivity index (χ1v) is 2.16. The van der Waals surface area contributed by atoms with Gasteiger partial charge in [-0.3, -0.25) is 4.79 Å². The van der Waals surface area contributed by atoms with Crippen LogP contribution in [-0.4, -0.2) is 11.8 Å². The highest BCUT2D eigenvalue weighted by molar-refractivity contribution is 7.80. The number of carbonyl (C=O) groups excluding carboxylic acids is 1. The van der Waals surface area contributed by atoms with Crippen LogP contribution in [0.1, 0.15) is 6.92 Å². The summed E-state index contributed by atoms with van der Waals surface area (Å²) in [5, 5.41) is 2.37. The van der Waals surface area contributed by atoms with E-state index >= 15 is 0 Å². The quantitative estimate of drug-likeness (QED) is 0.289. The van der Waals surface area contributed by atoms with E-state index in [9.17, 15) is 4.79 Å². The summed E-state index contributed by atoms with van der Waals surface area (Å²) >= 11 is 3.84. The molecule has 1 N–H and O–H groups in total. The van der Waals surface area contributed by atoms with Crippen LogP contribution in [0.4, 0.5) is 0 Å². The van der Waals surface area contributed by atoms with E-state index in [1.54, 1.807) is 6.92 Å². The van der Waals surface area contributed by atoms with E-state index in [0.717, 1.165) is 0 Å². The molecule has 0 aromatic carbocycles. The fourth-order valence-electron chi connectivity index (χ4n) is 0.0985. The molecule has 0 aromatic rings. The van der Waals surface area contributed by atoms with Crippen LogP contribution in [0.5, 0.6) is 0 Å². The van der Waals surface area contributed by atoms with Crippen LogP contribution in [-0.2, 0) is 4.79 Å². The summed E-state index contributed by atoms with van der Waals surface area (Å²) in [5.74, 6) is 0. The maximum absolute atomic E-state index is 9.46. The zero-order valence-corrected chi connectivity index (χ0v) is 4.40. The molecular weight excluding hydrogens is 98.1 g/mol. The summed E-state index contributed by atoms with van der Waals surface area (Å²) in [6.45, 7) is 1.78. The average molecular weight is 105 g/mol. The van der Waals surface area contributed by atoms with Crippen molar-refractivity contribution >= 4 is 19.0 Å². The number of nitrogens with one attached hydrogen (secondary N) is 1. The lowest BCUT2D eigenvalue weighted by Crippen LogP contribution is -2.17. The Kier molecular flexibility index (Phi) is 2.94. The molecule has 0 fully saturated rings. The highest BCUT2D eigenvalue weighted by atomic mass is 32.1. The molecule has 0 spiro atoms. The SMILES string of the molecule is CC(S)NC=O. The molecular formula is C3H7NOS. The highest BCUT2D eigenvalue weighted by Gasteiger charge is 1.82. The van der Waals surface area contributed by atoms with Gasteiger partial charge < -0.3 is 5.32 Å². The van der Waals surface area contributed by atoms with E-state index in [2.05, 4.69) is 17.9 Å². The Balaban J connectivity index is 2.81. The highest BCUT2D eigenvalue weighted by Crippen LogP contribution is 1.79. The lowest BCUT2D eigenvalue weighted by Gasteiger charge is -1.95. The van der Waals surface area contributed by atoms with Crippen LogP contribution < -0.4 is 5.32 Å². The van der Waals surface area contributed by atoms with Gasteiger partial charge in [-0.25, -0.2) is 0 Å². The number of hydrogen-bond acceptors (Lipinski definition) is 2. The van der Waals surface area contributed by atoms with Gasteiger partial charge in [0.15, 0.2) is 0 Å². The van der Waals surface area contributed by atoms with Gasteiger partial charge in [-0.1, -0.05) is 0 Å². The molecule has 0 aromatic heterocycles. The summed E-state index contributed by atoms with van der Waals surface area (Å²) in [7, 11) is 0. The van der Waals surface area contributed by atoms with Crippen LogP contribution in [0.15, 0.2) is 0 Å². The number of carbonyl (C=O) groups is 1. The first kappa shape index (κ1) is 5.82. The third-order valence-corrected chi connectivity index (χ3v) is 0.458. The molecule has 1 amide bonds. The van der Waals surface area contributed by atoms with Crippen LogP contribution in [0.25, 0.3) is 0 Å². The molecule has 0 aliphatic rings. The molecule has 6 heavy (non-hydrogen) atoms. The van der Waals surface area contributed by atoms with E-state index in [-0.39, 0.29) is 5.37 Å². The molecule has 0 rings (SSSR count). The van der Waals surface area contributed by atoms with Crippen LogP contribution in [0, 0.1) is 0 Å². The van der Waals surface area contributed by atoms with Crippen molar-refractivity contribution in [1.82, 2.24) is 5.32 Å². The molecule has 1 unspecified atom stereocenters. The van der Waals surface area contributed by atoms with Crippen molar-refractivity contribution < 1.29 is 4.79 Å². The smallest absolute Gasteiger partial charge is 0.207 e. The zero-order chi connectivity index (χ0) is 4.99. The Morgan fingerprint density at radius 1 is 2.00 bits per heavy atom. The van der Waals surface area contributed by atoms with Crippen molar-refractivity contribution in [3.05, 3.63) is 0 Å². The standard InChI is InChI=1S/C3H7NOS/c1-3(6)4-2-5/h2-3,6H,1H3,(H,4,5). The lowest BCUT2D eigenvalue weighted by molar-refractivity contribution is -0.109. The molecule has 0 saturated carbocycles. The lowest BCUT2D eigenvalue weighted by atomic mass is 10.8. The van der Waals surface area contributed by atoms with Gasteiger partial charge in [-0.05, 0) is 6.92 Å². The number of rotatable bonds is 2. The van der Waals surface area contributed by atoms with Gasteiger partial charge in [0.25, 0.3) is 0 Å². The first-order chi connectivity index (χ1) is 2.77. The summed E-state index contributed by atoms with van der Waals surface area (Å²) in [6.07, 6.45) is 0.623. The summed E-state index contributed by atoms with van der Waals surface area (Å²) in [5.41, 5.74) is 0. The minimum Gasteiger partial charge on any atom is -0.347 e. The number of hydrogen-bond donors (Lipinski definition) is 2. The summed E-state index contributed by atoms with van der Waals surface area (Å²) < 4.78 is 0. The normalized spacial score (nSPS) is 13.0. The monoisotopic (exact) mass is 105 g/mol. The van der Waals surface area contributed by atoms with Gasteiger partial charge in [0.05, 0.1) is 5.37 Å². The van der Waals surface area contributed by atoms with Gasteiger partial charge in [-0.2, -0.15) is 12.6 Å². The second-order valence-electron chi connectivity index (χ2n) is 0.960. The minimum absolute atomic E-state index is 0.0255. The Morgan fingerprint density at radius 2 is 2.50 bits per heavy atom. The molecule has 2 nitrogen and oxygen atoms in total. The molecule has 0 radical (unpaired) electrons. The van der Waals surface area contributed by atoms with Gasteiger partial charge in [-0.15, -0.1) is 0 Å². The second-order valence-corrected chi connectivity index (χ2v) is 1.74. The van der Waals surface area contributed by atoms with E-state index in [0.29, 0.717) is 6.41 Å². The zero-order valence-electron chi connectivity index (χ0n) is 3.51. The van der Waals surface area contributed by atoms with E-state index in [4.69, 9.17) is 0 Å². The average Bonchev–Trinajstić information content (AvgIpc) is 1.35. The molecule has 0 bridgehead atoms. The molecule has 1 atom stereocenters. The number of amides is 1. The molecule has 0 saturated heterocycles. The van der Waals surface area contributed by atoms with Crippen molar-refractivity contribution in [3.63, 3.8) is 0 Å².